The molecule has 3 nitrogen and oxygen atoms in total. The number of aliphatic hydroxyl groups is 1. The number of Topliss-reactive ketones (excluding diaryl/α,β-unsaturated/α-hetero) is 1. The molecule has 0 aromatic rings. The van der Waals surface area contributed by atoms with Gasteiger partial charge in [-0.2, -0.15) is 0 Å². The van der Waals surface area contributed by atoms with Crippen molar-refractivity contribution in [1.82, 2.24) is 5.32 Å². The van der Waals surface area contributed by atoms with Gasteiger partial charge in [0.05, 0.1) is 6.04 Å². The molecular formula is C9H20BNO2. The van der Waals surface area contributed by atoms with Crippen LogP contribution in [0.25, 0.3) is 0 Å². The third-order valence-electron chi connectivity index (χ3n) is 1.65. The summed E-state index contributed by atoms with van der Waals surface area (Å²) in [6.45, 7) is 8.76. The molecule has 0 fully saturated rings. The van der Waals surface area contributed by atoms with Gasteiger partial charge in [0.25, 0.3) is 0 Å². The van der Waals surface area contributed by atoms with Gasteiger partial charge in [-0.25, -0.2) is 0 Å². The minimum Gasteiger partial charge on any atom is -0.383 e. The Balaban J connectivity index is 4.30. The van der Waals surface area contributed by atoms with Crippen LogP contribution in [0.2, 0.25) is 0 Å². The molecule has 1 atom stereocenters. The zero-order valence-electron chi connectivity index (χ0n) is 9.43. The van der Waals surface area contributed by atoms with Crippen molar-refractivity contribution >= 4 is 13.6 Å². The molecule has 0 amide bonds. The summed E-state index contributed by atoms with van der Waals surface area (Å²) < 4.78 is 0. The van der Waals surface area contributed by atoms with Crippen molar-refractivity contribution in [2.24, 2.45) is 0 Å². The van der Waals surface area contributed by atoms with Crippen molar-refractivity contribution in [3.63, 3.8) is 0 Å². The number of ketones is 1. The quantitative estimate of drug-likeness (QED) is 0.590. The van der Waals surface area contributed by atoms with E-state index < -0.39 is 5.60 Å². The van der Waals surface area contributed by atoms with E-state index in [0.29, 0.717) is 0 Å². The summed E-state index contributed by atoms with van der Waals surface area (Å²) in [4.78, 5) is 11.5. The van der Waals surface area contributed by atoms with Crippen LogP contribution in [0.15, 0.2) is 0 Å². The summed E-state index contributed by atoms with van der Waals surface area (Å²) in [5.74, 6) is -0.178. The fraction of sp³-hybridized carbons (Fsp3) is 0.889. The first-order chi connectivity index (χ1) is 5.54. The second-order valence-electron chi connectivity index (χ2n) is 5.04. The minimum absolute atomic E-state index is 0.111. The van der Waals surface area contributed by atoms with Gasteiger partial charge in [-0.1, -0.05) is 13.8 Å². The summed E-state index contributed by atoms with van der Waals surface area (Å²) in [5.41, 5.74) is -1.36. The second kappa shape index (κ2) is 3.80. The Morgan fingerprint density at radius 1 is 1.38 bits per heavy atom. The molecule has 0 rings (SSSR count). The van der Waals surface area contributed by atoms with E-state index in [4.69, 9.17) is 0 Å². The molecule has 0 heterocycles. The van der Waals surface area contributed by atoms with Gasteiger partial charge in [-0.15, -0.1) is 0 Å². The Hall–Kier alpha value is -0.345. The normalized spacial score (nSPS) is 15.5. The molecule has 0 aliphatic carbocycles. The first-order valence-electron chi connectivity index (χ1n) is 4.58. The van der Waals surface area contributed by atoms with Crippen LogP contribution >= 0.6 is 0 Å². The SMILES string of the molecule is BC(C)(C)NC(C)C(=O)C(C)(C)O. The smallest absolute Gasteiger partial charge is 0.180 e. The summed E-state index contributed by atoms with van der Waals surface area (Å²) >= 11 is 0. The summed E-state index contributed by atoms with van der Waals surface area (Å²) in [5, 5.41) is 12.6. The van der Waals surface area contributed by atoms with Gasteiger partial charge in [-0.3, -0.25) is 4.79 Å². The van der Waals surface area contributed by atoms with E-state index in [2.05, 4.69) is 5.32 Å². The molecule has 0 saturated carbocycles. The van der Waals surface area contributed by atoms with E-state index >= 15 is 0 Å². The lowest BCUT2D eigenvalue weighted by atomic mass is 9.80. The zero-order valence-corrected chi connectivity index (χ0v) is 9.43. The highest BCUT2D eigenvalue weighted by Crippen LogP contribution is 2.08. The van der Waals surface area contributed by atoms with Crippen LogP contribution in [-0.2, 0) is 4.79 Å². The maximum Gasteiger partial charge on any atom is 0.180 e. The molecule has 1 unspecified atom stereocenters. The average molecular weight is 185 g/mol. The standard InChI is InChI=1S/C9H20BNO2/c1-6(11-9(4,5)10)7(12)8(2,3)13/h6,11,13H,10H2,1-5H3. The van der Waals surface area contributed by atoms with Crippen LogP contribution in [0.5, 0.6) is 0 Å². The Morgan fingerprint density at radius 3 is 2.00 bits per heavy atom. The first-order valence-corrected chi connectivity index (χ1v) is 4.58. The molecular weight excluding hydrogens is 165 g/mol. The van der Waals surface area contributed by atoms with Crippen LogP contribution in [0.1, 0.15) is 34.6 Å². The molecule has 2 N–H and O–H groups in total. The van der Waals surface area contributed by atoms with Crippen LogP contribution in [0, 0.1) is 0 Å². The monoisotopic (exact) mass is 185 g/mol. The molecule has 13 heavy (non-hydrogen) atoms. The van der Waals surface area contributed by atoms with Gasteiger partial charge in [0.2, 0.25) is 0 Å². The maximum absolute atomic E-state index is 11.5. The largest absolute Gasteiger partial charge is 0.383 e. The lowest BCUT2D eigenvalue weighted by Gasteiger charge is -2.28. The van der Waals surface area contributed by atoms with Gasteiger partial charge in [0.1, 0.15) is 13.4 Å². The molecule has 0 aliphatic rings. The van der Waals surface area contributed by atoms with E-state index in [1.807, 2.05) is 21.7 Å². The van der Waals surface area contributed by atoms with Crippen molar-refractivity contribution in [3.05, 3.63) is 0 Å². The third kappa shape index (κ3) is 5.06. The molecule has 0 aliphatic heterocycles. The highest BCUT2D eigenvalue weighted by atomic mass is 16.3. The molecule has 76 valence electrons. The second-order valence-corrected chi connectivity index (χ2v) is 5.04. The third-order valence-corrected chi connectivity index (χ3v) is 1.65. The van der Waals surface area contributed by atoms with E-state index in [-0.39, 0.29) is 17.3 Å². The average Bonchev–Trinajstić information content (AvgIpc) is 1.79. The van der Waals surface area contributed by atoms with Gasteiger partial charge < -0.3 is 10.4 Å². The van der Waals surface area contributed by atoms with E-state index in [1.165, 1.54) is 13.8 Å². The van der Waals surface area contributed by atoms with Crippen molar-refractivity contribution in [3.8, 4) is 0 Å². The van der Waals surface area contributed by atoms with Crippen LogP contribution in [0.4, 0.5) is 0 Å². The molecule has 0 bridgehead atoms. The number of carbonyl (C=O) groups is 1. The lowest BCUT2D eigenvalue weighted by molar-refractivity contribution is -0.136. The van der Waals surface area contributed by atoms with E-state index in [1.54, 1.807) is 6.92 Å². The van der Waals surface area contributed by atoms with Crippen molar-refractivity contribution in [1.29, 1.82) is 0 Å². The summed E-state index contributed by atoms with van der Waals surface area (Å²) in [6, 6.07) is -0.319. The predicted octanol–water partition coefficient (Wildman–Crippen LogP) is -0.326. The van der Waals surface area contributed by atoms with E-state index in [9.17, 15) is 9.90 Å². The Bertz CT molecular complexity index is 191. The van der Waals surface area contributed by atoms with E-state index in [0.717, 1.165) is 0 Å². The van der Waals surface area contributed by atoms with Gasteiger partial charge in [-0.05, 0) is 26.2 Å². The van der Waals surface area contributed by atoms with Crippen LogP contribution < -0.4 is 5.32 Å². The zero-order chi connectivity index (χ0) is 10.9. The molecule has 0 spiro atoms. The summed E-state index contributed by atoms with van der Waals surface area (Å²) in [6.07, 6.45) is 0. The van der Waals surface area contributed by atoms with Gasteiger partial charge in [0, 0.05) is 0 Å². The van der Waals surface area contributed by atoms with Gasteiger partial charge in [0.15, 0.2) is 5.78 Å². The number of hydrogen-bond acceptors (Lipinski definition) is 3. The number of rotatable bonds is 4. The van der Waals surface area contributed by atoms with Crippen molar-refractivity contribution in [2.45, 2.75) is 51.7 Å². The van der Waals surface area contributed by atoms with Crippen LogP contribution in [-0.4, -0.2) is 35.8 Å². The Kier molecular flexibility index (Phi) is 3.70. The lowest BCUT2D eigenvalue weighted by Crippen LogP contribution is -2.53. The highest BCUT2D eigenvalue weighted by molar-refractivity contribution is 6.15. The maximum atomic E-state index is 11.5. The Labute approximate surface area is 81.3 Å². The molecule has 0 aromatic heterocycles. The Morgan fingerprint density at radius 2 is 1.77 bits per heavy atom. The molecule has 0 radical (unpaired) electrons. The molecule has 0 saturated heterocycles. The highest BCUT2D eigenvalue weighted by Gasteiger charge is 2.30. The fourth-order valence-corrected chi connectivity index (χ4v) is 1.24. The number of carbonyl (C=O) groups excluding carboxylic acids is 1. The summed E-state index contributed by atoms with van der Waals surface area (Å²) in [7, 11) is 1.99. The van der Waals surface area contributed by atoms with Crippen molar-refractivity contribution < 1.29 is 9.90 Å². The van der Waals surface area contributed by atoms with Gasteiger partial charge >= 0.3 is 0 Å². The molecule has 0 aromatic carbocycles. The van der Waals surface area contributed by atoms with Crippen LogP contribution in [0.3, 0.4) is 0 Å². The topological polar surface area (TPSA) is 49.3 Å². The fourth-order valence-electron chi connectivity index (χ4n) is 1.24. The first kappa shape index (κ1) is 12.7. The van der Waals surface area contributed by atoms with Crippen molar-refractivity contribution in [2.75, 3.05) is 0 Å². The molecule has 4 heteroatoms. The number of nitrogens with one attached hydrogen (secondary N) is 1. The minimum atomic E-state index is -1.25. The predicted molar refractivity (Wildman–Crippen MR) is 56.5 cm³/mol. The number of hydrogen-bond donors (Lipinski definition) is 2.